The van der Waals surface area contributed by atoms with E-state index in [0.29, 0.717) is 5.92 Å². The van der Waals surface area contributed by atoms with Gasteiger partial charge in [-0.2, -0.15) is 0 Å². The molecule has 0 N–H and O–H groups in total. The summed E-state index contributed by atoms with van der Waals surface area (Å²) < 4.78 is 0. The maximum Gasteiger partial charge on any atom is 0.0212 e. The van der Waals surface area contributed by atoms with Crippen molar-refractivity contribution in [3.05, 3.63) is 53.6 Å². The third-order valence-corrected chi connectivity index (χ3v) is 2.86. The zero-order valence-electron chi connectivity index (χ0n) is 7.91. The zero-order chi connectivity index (χ0) is 9.80. The van der Waals surface area contributed by atoms with Crippen LogP contribution >= 0.6 is 15.9 Å². The molecule has 71 valence electrons. The van der Waals surface area contributed by atoms with Crippen molar-refractivity contribution in [3.63, 3.8) is 0 Å². The Morgan fingerprint density at radius 3 is 3.21 bits per heavy atom. The molecule has 1 aromatic carbocycles. The van der Waals surface area contributed by atoms with E-state index < -0.39 is 0 Å². The summed E-state index contributed by atoms with van der Waals surface area (Å²) >= 11 is 3.38. The fourth-order valence-electron chi connectivity index (χ4n) is 1.77. The Labute approximate surface area is 93.5 Å². The Bertz CT molecular complexity index is 363. The molecule has 0 nitrogen and oxygen atoms in total. The third kappa shape index (κ3) is 1.98. The molecule has 1 radical (unpaired) electrons. The smallest absolute Gasteiger partial charge is 0.0212 e. The molecule has 0 fully saturated rings. The van der Waals surface area contributed by atoms with Gasteiger partial charge < -0.3 is 0 Å². The number of hydrogen-bond donors (Lipinski definition) is 0. The summed E-state index contributed by atoms with van der Waals surface area (Å²) in [5.74, 6) is 0.565. The van der Waals surface area contributed by atoms with Gasteiger partial charge in [-0.1, -0.05) is 52.4 Å². The fourth-order valence-corrected chi connectivity index (χ4v) is 2.04. The van der Waals surface area contributed by atoms with E-state index in [0.717, 1.165) is 11.8 Å². The number of fused-ring (bicyclic) bond motifs is 1. The summed E-state index contributed by atoms with van der Waals surface area (Å²) in [6, 6.07) is 9.32. The molecule has 1 atom stereocenters. The molecule has 2 rings (SSSR count). The topological polar surface area (TPSA) is 0 Å². The van der Waals surface area contributed by atoms with Crippen LogP contribution in [-0.2, 0) is 0 Å². The average Bonchev–Trinajstić information content (AvgIpc) is 2.63. The Morgan fingerprint density at radius 1 is 1.43 bits per heavy atom. The van der Waals surface area contributed by atoms with Gasteiger partial charge in [0, 0.05) is 11.2 Å². The second kappa shape index (κ2) is 4.61. The minimum atomic E-state index is 0.565. The Morgan fingerprint density at radius 2 is 2.36 bits per heavy atom. The van der Waals surface area contributed by atoms with Gasteiger partial charge in [-0.25, -0.2) is 0 Å². The van der Waals surface area contributed by atoms with Crippen molar-refractivity contribution in [2.45, 2.75) is 12.3 Å². The van der Waals surface area contributed by atoms with Crippen LogP contribution in [0.3, 0.4) is 0 Å². The number of allylic oxidation sites excluding steroid dienone is 3. The van der Waals surface area contributed by atoms with Crippen LogP contribution in [0, 0.1) is 6.07 Å². The van der Waals surface area contributed by atoms with E-state index in [2.05, 4.69) is 58.4 Å². The van der Waals surface area contributed by atoms with Crippen molar-refractivity contribution in [2.75, 3.05) is 5.33 Å². The van der Waals surface area contributed by atoms with Crippen molar-refractivity contribution in [1.29, 1.82) is 0 Å². The molecule has 0 saturated carbocycles. The summed E-state index contributed by atoms with van der Waals surface area (Å²) in [4.78, 5) is 0. The monoisotopic (exact) mass is 247 g/mol. The minimum absolute atomic E-state index is 0.565. The highest BCUT2D eigenvalue weighted by atomic mass is 79.9. The first-order valence-corrected chi connectivity index (χ1v) is 5.93. The first-order chi connectivity index (χ1) is 6.92. The molecule has 1 aromatic rings. The van der Waals surface area contributed by atoms with E-state index in [1.54, 1.807) is 0 Å². The lowest BCUT2D eigenvalue weighted by molar-refractivity contribution is 0.879. The first kappa shape index (κ1) is 9.72. The lowest BCUT2D eigenvalue weighted by Gasteiger charge is -2.07. The van der Waals surface area contributed by atoms with E-state index in [-0.39, 0.29) is 0 Å². The van der Waals surface area contributed by atoms with Gasteiger partial charge in [-0.3, -0.25) is 0 Å². The first-order valence-electron chi connectivity index (χ1n) is 4.81. The van der Waals surface area contributed by atoms with Crippen molar-refractivity contribution in [3.8, 4) is 0 Å². The fraction of sp³-hybridized carbons (Fsp3) is 0.231. The maximum atomic E-state index is 3.38. The molecular formula is C13H12Br. The second-order valence-corrected chi connectivity index (χ2v) is 4.03. The number of rotatable bonds is 3. The second-order valence-electron chi connectivity index (χ2n) is 3.38. The highest BCUT2D eigenvalue weighted by Crippen LogP contribution is 2.32. The van der Waals surface area contributed by atoms with Crippen LogP contribution in [0.15, 0.2) is 36.4 Å². The minimum Gasteiger partial charge on any atom is -0.0883 e. The van der Waals surface area contributed by atoms with Gasteiger partial charge >= 0.3 is 0 Å². The summed E-state index contributed by atoms with van der Waals surface area (Å²) in [6.45, 7) is 0. The molecule has 0 amide bonds. The Kier molecular flexibility index (Phi) is 3.20. The van der Waals surface area contributed by atoms with Gasteiger partial charge in [0.15, 0.2) is 0 Å². The van der Waals surface area contributed by atoms with Crippen molar-refractivity contribution < 1.29 is 0 Å². The highest BCUT2D eigenvalue weighted by Gasteiger charge is 2.14. The lowest BCUT2D eigenvalue weighted by Crippen LogP contribution is -1.90. The molecule has 0 spiro atoms. The van der Waals surface area contributed by atoms with Crippen LogP contribution in [0.2, 0.25) is 0 Å². The zero-order valence-corrected chi connectivity index (χ0v) is 9.50. The van der Waals surface area contributed by atoms with E-state index >= 15 is 0 Å². The largest absolute Gasteiger partial charge is 0.0883 e. The summed E-state index contributed by atoms with van der Waals surface area (Å²) in [6.07, 6.45) is 9.95. The molecule has 1 aliphatic carbocycles. The molecule has 0 saturated heterocycles. The van der Waals surface area contributed by atoms with Gasteiger partial charge in [0.1, 0.15) is 0 Å². The molecule has 0 aromatic heterocycles. The molecule has 0 bridgehead atoms. The predicted molar refractivity (Wildman–Crippen MR) is 64.6 cm³/mol. The molecule has 1 unspecified atom stereocenters. The number of hydrogen-bond acceptors (Lipinski definition) is 0. The number of benzene rings is 1. The van der Waals surface area contributed by atoms with E-state index in [1.165, 1.54) is 11.1 Å². The van der Waals surface area contributed by atoms with Crippen molar-refractivity contribution in [1.82, 2.24) is 0 Å². The summed E-state index contributed by atoms with van der Waals surface area (Å²) in [7, 11) is 0. The molecule has 1 aliphatic rings. The third-order valence-electron chi connectivity index (χ3n) is 2.48. The number of halogens is 1. The maximum absolute atomic E-state index is 3.38. The molecule has 14 heavy (non-hydrogen) atoms. The molecule has 0 aliphatic heterocycles. The van der Waals surface area contributed by atoms with E-state index in [4.69, 9.17) is 0 Å². The van der Waals surface area contributed by atoms with Crippen LogP contribution in [0.25, 0.3) is 6.08 Å². The van der Waals surface area contributed by atoms with E-state index in [1.807, 2.05) is 6.07 Å². The highest BCUT2D eigenvalue weighted by molar-refractivity contribution is 9.09. The van der Waals surface area contributed by atoms with Crippen LogP contribution in [-0.4, -0.2) is 5.33 Å². The normalized spacial score (nSPS) is 19.1. The standard InChI is InChI=1S/C13H12Br/c14-10-4-3-6-12-9-8-11-5-1-2-7-13(11)12/h2-5,7-9,12H,6,10H2. The predicted octanol–water partition coefficient (Wildman–Crippen LogP) is 3.94. The summed E-state index contributed by atoms with van der Waals surface area (Å²) in [5, 5.41) is 0.943. The van der Waals surface area contributed by atoms with E-state index in [9.17, 15) is 0 Å². The number of alkyl halides is 1. The molecule has 1 heteroatoms. The van der Waals surface area contributed by atoms with Gasteiger partial charge in [0.25, 0.3) is 0 Å². The van der Waals surface area contributed by atoms with Crippen LogP contribution < -0.4 is 0 Å². The average molecular weight is 248 g/mol. The van der Waals surface area contributed by atoms with Crippen molar-refractivity contribution >= 4 is 22.0 Å². The van der Waals surface area contributed by atoms with Crippen LogP contribution in [0.5, 0.6) is 0 Å². The Hall–Kier alpha value is -0.820. The van der Waals surface area contributed by atoms with Gasteiger partial charge in [-0.15, -0.1) is 0 Å². The van der Waals surface area contributed by atoms with Crippen LogP contribution in [0.4, 0.5) is 0 Å². The van der Waals surface area contributed by atoms with Gasteiger partial charge in [-0.05, 0) is 29.7 Å². The molecule has 0 heterocycles. The van der Waals surface area contributed by atoms with Crippen molar-refractivity contribution in [2.24, 2.45) is 0 Å². The van der Waals surface area contributed by atoms with Gasteiger partial charge in [0.05, 0.1) is 0 Å². The molecular weight excluding hydrogens is 236 g/mol. The summed E-state index contributed by atoms with van der Waals surface area (Å²) in [5.41, 5.74) is 2.76. The SMILES string of the molecule is BrCC=CCC1C=Cc2c[c]ccc21. The van der Waals surface area contributed by atoms with Crippen LogP contribution in [0.1, 0.15) is 23.5 Å². The lowest BCUT2D eigenvalue weighted by atomic mass is 9.98. The van der Waals surface area contributed by atoms with Gasteiger partial charge in [0.2, 0.25) is 0 Å². The quantitative estimate of drug-likeness (QED) is 0.561. The Balaban J connectivity index is 2.11.